The van der Waals surface area contributed by atoms with Crippen molar-refractivity contribution in [1.82, 2.24) is 10.6 Å². The maximum atomic E-state index is 12.6. The number of amides is 1. The molecule has 1 amide bonds. The van der Waals surface area contributed by atoms with Gasteiger partial charge < -0.3 is 29.4 Å². The summed E-state index contributed by atoms with van der Waals surface area (Å²) in [5.41, 5.74) is 1.44. The second kappa shape index (κ2) is 11.5. The van der Waals surface area contributed by atoms with Crippen LogP contribution in [0, 0.1) is 0 Å². The van der Waals surface area contributed by atoms with Crippen molar-refractivity contribution in [3.63, 3.8) is 0 Å². The second-order valence-electron chi connectivity index (χ2n) is 9.15. The van der Waals surface area contributed by atoms with Crippen LogP contribution in [-0.2, 0) is 0 Å². The highest BCUT2D eigenvalue weighted by Gasteiger charge is 2.31. The molecular weight excluding hydrogens is 511 g/mol. The Morgan fingerprint density at radius 2 is 1.65 bits per heavy atom. The molecular formula is C26H29ClF3N3O4. The van der Waals surface area contributed by atoms with Crippen LogP contribution in [0.5, 0.6) is 11.5 Å². The minimum Gasteiger partial charge on any atom is -0.490 e. The smallest absolute Gasteiger partial charge is 0.490 e. The number of nitrogens with one attached hydrogen (secondary N) is 2. The molecule has 2 saturated heterocycles. The van der Waals surface area contributed by atoms with Crippen LogP contribution in [0.3, 0.4) is 0 Å². The number of furan rings is 1. The molecule has 3 heterocycles. The first-order chi connectivity index (χ1) is 17.3. The standard InChI is InChI=1S/C26H28F3N3O4.ClH/c27-26(28,29)36-21-5-2-19(3-6-21)32-13-9-20(10-14-32)34-22-4-1-17-15-24(35-23(17)16-22)25(33)31-18-7-11-30-12-8-18;/h1-6,15-16,18,20,30H,7-14H2,(H,31,33);1H. The number of carbonyl (C=O) groups excluding carboxylic acids is 1. The predicted octanol–water partition coefficient (Wildman–Crippen LogP) is 5.28. The average molecular weight is 540 g/mol. The van der Waals surface area contributed by atoms with Crippen LogP contribution in [0.15, 0.2) is 52.9 Å². The summed E-state index contributed by atoms with van der Waals surface area (Å²) in [6, 6.07) is 13.4. The van der Waals surface area contributed by atoms with Gasteiger partial charge >= 0.3 is 6.36 Å². The second-order valence-corrected chi connectivity index (χ2v) is 9.15. The number of anilines is 1. The van der Waals surface area contributed by atoms with E-state index in [0.29, 0.717) is 30.2 Å². The van der Waals surface area contributed by atoms with Crippen LogP contribution in [-0.4, -0.2) is 50.6 Å². The molecule has 0 aliphatic carbocycles. The Hall–Kier alpha value is -3.11. The quantitative estimate of drug-likeness (QED) is 0.444. The lowest BCUT2D eigenvalue weighted by Gasteiger charge is -2.33. The monoisotopic (exact) mass is 539 g/mol. The molecule has 5 rings (SSSR count). The van der Waals surface area contributed by atoms with Crippen molar-refractivity contribution in [3.8, 4) is 11.5 Å². The van der Waals surface area contributed by atoms with Gasteiger partial charge in [0.05, 0.1) is 0 Å². The fourth-order valence-electron chi connectivity index (χ4n) is 4.70. The lowest BCUT2D eigenvalue weighted by molar-refractivity contribution is -0.274. The Morgan fingerprint density at radius 3 is 2.32 bits per heavy atom. The normalized spacial score (nSPS) is 17.3. The minimum absolute atomic E-state index is 0. The van der Waals surface area contributed by atoms with Gasteiger partial charge in [-0.3, -0.25) is 4.79 Å². The third-order valence-electron chi connectivity index (χ3n) is 6.57. The Balaban J connectivity index is 0.00000320. The van der Waals surface area contributed by atoms with Crippen LogP contribution < -0.4 is 25.0 Å². The Bertz CT molecular complexity index is 1190. The first-order valence-electron chi connectivity index (χ1n) is 12.1. The highest BCUT2D eigenvalue weighted by Crippen LogP contribution is 2.29. The van der Waals surface area contributed by atoms with E-state index in [1.165, 1.54) is 12.1 Å². The van der Waals surface area contributed by atoms with Gasteiger partial charge in [-0.05, 0) is 68.4 Å². The number of nitrogens with zero attached hydrogens (tertiary/aromatic N) is 1. The molecule has 200 valence electrons. The minimum atomic E-state index is -4.70. The van der Waals surface area contributed by atoms with Crippen molar-refractivity contribution < 1.29 is 31.9 Å². The van der Waals surface area contributed by atoms with E-state index in [1.807, 2.05) is 18.2 Å². The highest BCUT2D eigenvalue weighted by atomic mass is 35.5. The fourth-order valence-corrected chi connectivity index (χ4v) is 4.70. The van der Waals surface area contributed by atoms with Crippen molar-refractivity contribution >= 4 is 35.0 Å². The fraction of sp³-hybridized carbons (Fsp3) is 0.423. The summed E-state index contributed by atoms with van der Waals surface area (Å²) in [4.78, 5) is 14.7. The number of hydrogen-bond acceptors (Lipinski definition) is 6. The van der Waals surface area contributed by atoms with Gasteiger partial charge in [0.15, 0.2) is 5.76 Å². The van der Waals surface area contributed by atoms with E-state index in [0.717, 1.165) is 49.8 Å². The molecule has 0 radical (unpaired) electrons. The van der Waals surface area contributed by atoms with Crippen LogP contribution in [0.4, 0.5) is 18.9 Å². The molecule has 11 heteroatoms. The summed E-state index contributed by atoms with van der Waals surface area (Å²) in [6.45, 7) is 3.23. The lowest BCUT2D eigenvalue weighted by Crippen LogP contribution is -2.42. The first-order valence-corrected chi connectivity index (χ1v) is 12.1. The largest absolute Gasteiger partial charge is 0.573 e. The summed E-state index contributed by atoms with van der Waals surface area (Å²) in [5, 5.41) is 7.16. The van der Waals surface area contributed by atoms with E-state index in [2.05, 4.69) is 20.3 Å². The molecule has 0 bridgehead atoms. The molecule has 0 atom stereocenters. The SMILES string of the molecule is Cl.O=C(NC1CCNCC1)c1cc2ccc(OC3CCN(c4ccc(OC(F)(F)F)cc4)CC3)cc2o1. The van der Waals surface area contributed by atoms with E-state index in [1.54, 1.807) is 18.2 Å². The molecule has 7 nitrogen and oxygen atoms in total. The van der Waals surface area contributed by atoms with Crippen LogP contribution in [0.25, 0.3) is 11.0 Å². The van der Waals surface area contributed by atoms with Crippen molar-refractivity contribution in [3.05, 3.63) is 54.3 Å². The molecule has 2 N–H and O–H groups in total. The number of fused-ring (bicyclic) bond motifs is 1. The molecule has 2 aliphatic rings. The lowest BCUT2D eigenvalue weighted by atomic mass is 10.1. The topological polar surface area (TPSA) is 76.0 Å². The Labute approximate surface area is 218 Å². The third kappa shape index (κ3) is 7.01. The van der Waals surface area contributed by atoms with E-state index in [9.17, 15) is 18.0 Å². The predicted molar refractivity (Wildman–Crippen MR) is 136 cm³/mol. The molecule has 0 spiro atoms. The zero-order chi connectivity index (χ0) is 25.1. The summed E-state index contributed by atoms with van der Waals surface area (Å²) < 4.78 is 53.0. The van der Waals surface area contributed by atoms with Gasteiger partial charge in [0.25, 0.3) is 5.91 Å². The van der Waals surface area contributed by atoms with Gasteiger partial charge in [0.2, 0.25) is 0 Å². The van der Waals surface area contributed by atoms with Crippen LogP contribution in [0.2, 0.25) is 0 Å². The summed E-state index contributed by atoms with van der Waals surface area (Å²) >= 11 is 0. The zero-order valence-electron chi connectivity index (χ0n) is 20.1. The summed E-state index contributed by atoms with van der Waals surface area (Å²) in [6.07, 6.45) is -1.36. The summed E-state index contributed by atoms with van der Waals surface area (Å²) in [5.74, 6) is 0.533. The average Bonchev–Trinajstić information content (AvgIpc) is 3.29. The molecule has 37 heavy (non-hydrogen) atoms. The summed E-state index contributed by atoms with van der Waals surface area (Å²) in [7, 11) is 0. The van der Waals surface area contributed by atoms with Crippen molar-refractivity contribution in [2.24, 2.45) is 0 Å². The first kappa shape index (κ1) is 26.9. The Morgan fingerprint density at radius 1 is 0.973 bits per heavy atom. The van der Waals surface area contributed by atoms with E-state index in [-0.39, 0.29) is 36.2 Å². The van der Waals surface area contributed by atoms with Crippen LogP contribution >= 0.6 is 12.4 Å². The van der Waals surface area contributed by atoms with Gasteiger partial charge in [0.1, 0.15) is 23.2 Å². The van der Waals surface area contributed by atoms with Crippen molar-refractivity contribution in [2.45, 2.75) is 44.2 Å². The number of halogens is 4. The molecule has 2 fully saturated rings. The number of alkyl halides is 3. The van der Waals surface area contributed by atoms with E-state index < -0.39 is 6.36 Å². The van der Waals surface area contributed by atoms with E-state index >= 15 is 0 Å². The van der Waals surface area contributed by atoms with E-state index in [4.69, 9.17) is 9.15 Å². The third-order valence-corrected chi connectivity index (χ3v) is 6.57. The van der Waals surface area contributed by atoms with Gasteiger partial charge in [0, 0.05) is 49.1 Å². The Kier molecular flexibility index (Phi) is 8.39. The van der Waals surface area contributed by atoms with Crippen molar-refractivity contribution in [1.29, 1.82) is 0 Å². The van der Waals surface area contributed by atoms with Gasteiger partial charge in [-0.2, -0.15) is 0 Å². The maximum absolute atomic E-state index is 12.6. The van der Waals surface area contributed by atoms with Crippen LogP contribution in [0.1, 0.15) is 36.2 Å². The molecule has 1 aromatic heterocycles. The highest BCUT2D eigenvalue weighted by molar-refractivity contribution is 5.96. The van der Waals surface area contributed by atoms with Gasteiger partial charge in [-0.1, -0.05) is 0 Å². The number of ether oxygens (including phenoxy) is 2. The number of piperidine rings is 2. The molecule has 0 unspecified atom stereocenters. The maximum Gasteiger partial charge on any atom is 0.573 e. The number of benzene rings is 2. The van der Waals surface area contributed by atoms with Crippen molar-refractivity contribution in [2.75, 3.05) is 31.1 Å². The molecule has 3 aromatic rings. The molecule has 2 aliphatic heterocycles. The zero-order valence-corrected chi connectivity index (χ0v) is 20.9. The molecule has 2 aromatic carbocycles. The number of hydrogen-bond donors (Lipinski definition) is 2. The number of carbonyl (C=O) groups is 1. The van der Waals surface area contributed by atoms with Gasteiger partial charge in [-0.15, -0.1) is 25.6 Å². The molecule has 0 saturated carbocycles. The number of rotatable bonds is 6. The van der Waals surface area contributed by atoms with Gasteiger partial charge in [-0.25, -0.2) is 0 Å².